The number of Topliss-reactive ketones (excluding diaryl/α,β-unsaturated/α-hetero) is 2. The summed E-state index contributed by atoms with van der Waals surface area (Å²) in [5, 5.41) is 16.6. The molecule has 2 aromatic rings. The molecule has 3 atom stereocenters. The van der Waals surface area contributed by atoms with Crippen LogP contribution < -0.4 is 16.4 Å². The molecule has 0 saturated heterocycles. The molecule has 0 saturated carbocycles. The number of carbonyl (C=O) groups is 5. The Kier molecular flexibility index (Phi) is 12.9. The molecule has 0 aliphatic carbocycles. The summed E-state index contributed by atoms with van der Waals surface area (Å²) in [5.41, 5.74) is 6.47. The van der Waals surface area contributed by atoms with Crippen molar-refractivity contribution in [3.8, 4) is 0 Å². The molecular weight excluding hydrogens is 506 g/mol. The highest BCUT2D eigenvalue weighted by Gasteiger charge is 2.30. The van der Waals surface area contributed by atoms with Crippen molar-refractivity contribution in [3.05, 3.63) is 48.0 Å². The largest absolute Gasteiger partial charge is 0.481 e. The number of carbonyl (C=O) groups excluding carboxylic acids is 4. The number of rotatable bonds is 17. The van der Waals surface area contributed by atoms with Crippen molar-refractivity contribution in [1.82, 2.24) is 10.6 Å². The quantitative estimate of drug-likeness (QED) is 0.152. The summed E-state index contributed by atoms with van der Waals surface area (Å²) < 4.78 is 0. The maximum absolute atomic E-state index is 13.0. The van der Waals surface area contributed by atoms with Gasteiger partial charge in [-0.3, -0.25) is 24.0 Å². The monoisotopic (exact) mass is 543 g/mol. The van der Waals surface area contributed by atoms with Gasteiger partial charge in [-0.2, -0.15) is 12.6 Å². The lowest BCUT2D eigenvalue weighted by molar-refractivity contribution is -0.140. The van der Waals surface area contributed by atoms with E-state index in [2.05, 4.69) is 23.3 Å². The molecule has 10 heteroatoms. The van der Waals surface area contributed by atoms with E-state index in [-0.39, 0.29) is 30.3 Å². The fraction of sp³-hybridized carbons (Fsp3) is 0.464. The number of hydrogen-bond donors (Lipinski definition) is 5. The van der Waals surface area contributed by atoms with Crippen molar-refractivity contribution in [2.24, 2.45) is 11.7 Å². The number of benzene rings is 2. The maximum atomic E-state index is 13.0. The summed E-state index contributed by atoms with van der Waals surface area (Å²) in [5.74, 6) is -3.82. The van der Waals surface area contributed by atoms with Gasteiger partial charge >= 0.3 is 5.97 Å². The molecule has 38 heavy (non-hydrogen) atoms. The van der Waals surface area contributed by atoms with Crippen molar-refractivity contribution in [1.29, 1.82) is 0 Å². The lowest BCUT2D eigenvalue weighted by Gasteiger charge is -2.22. The van der Waals surface area contributed by atoms with Crippen LogP contribution in [0.5, 0.6) is 0 Å². The number of hydrogen-bond acceptors (Lipinski definition) is 7. The van der Waals surface area contributed by atoms with Crippen molar-refractivity contribution in [2.75, 3.05) is 12.3 Å². The van der Waals surface area contributed by atoms with E-state index >= 15 is 0 Å². The Morgan fingerprint density at radius 1 is 0.921 bits per heavy atom. The van der Waals surface area contributed by atoms with Crippen LogP contribution in [0.15, 0.2) is 42.5 Å². The van der Waals surface area contributed by atoms with E-state index in [1.807, 2.05) is 42.5 Å². The van der Waals surface area contributed by atoms with E-state index in [1.165, 1.54) is 6.92 Å². The smallest absolute Gasteiger partial charge is 0.305 e. The molecule has 9 nitrogen and oxygen atoms in total. The topological polar surface area (TPSA) is 156 Å². The fourth-order valence-corrected chi connectivity index (χ4v) is 4.62. The van der Waals surface area contributed by atoms with Crippen LogP contribution in [0.2, 0.25) is 0 Å². The molecule has 0 bridgehead atoms. The van der Waals surface area contributed by atoms with Crippen LogP contribution in [0.4, 0.5) is 0 Å². The third kappa shape index (κ3) is 9.90. The second-order valence-electron chi connectivity index (χ2n) is 9.35. The summed E-state index contributed by atoms with van der Waals surface area (Å²) in [6, 6.07) is 11.6. The van der Waals surface area contributed by atoms with Crippen LogP contribution in [0.1, 0.15) is 51.0 Å². The number of unbranched alkanes of at least 4 members (excludes halogenated alkanes) is 1. The standard InChI is InChI=1S/C28H37N3O6S/c1-18(32)30-23(11-4-5-14-29)26(34)15-21(17-38)28(37)31-24(16-27(35)36)25(33)13-12-20-9-6-8-19-7-2-3-10-22(19)20/h2-3,6-10,21,23-24,38H,4-5,11-17,29H2,1H3,(H,30,32)(H,31,37)(H,35,36)/t21?,23-,24-/m0/s1. The third-order valence-electron chi connectivity index (χ3n) is 6.36. The Morgan fingerprint density at radius 2 is 1.63 bits per heavy atom. The van der Waals surface area contributed by atoms with Crippen LogP contribution >= 0.6 is 12.6 Å². The van der Waals surface area contributed by atoms with Crippen LogP contribution in [-0.2, 0) is 30.4 Å². The molecule has 0 aliphatic rings. The normalized spacial score (nSPS) is 13.3. The van der Waals surface area contributed by atoms with Gasteiger partial charge in [-0.15, -0.1) is 0 Å². The van der Waals surface area contributed by atoms with Crippen molar-refractivity contribution in [2.45, 2.75) is 64.0 Å². The van der Waals surface area contributed by atoms with Gasteiger partial charge in [0.1, 0.15) is 0 Å². The van der Waals surface area contributed by atoms with Gasteiger partial charge in [0.05, 0.1) is 24.4 Å². The van der Waals surface area contributed by atoms with E-state index in [0.717, 1.165) is 16.3 Å². The Bertz CT molecular complexity index is 1130. The van der Waals surface area contributed by atoms with Gasteiger partial charge in [-0.1, -0.05) is 42.5 Å². The minimum absolute atomic E-state index is 0.0111. The number of amides is 2. The van der Waals surface area contributed by atoms with Gasteiger partial charge in [0, 0.05) is 25.5 Å². The number of nitrogens with one attached hydrogen (secondary N) is 2. The Hall–Kier alpha value is -3.24. The van der Waals surface area contributed by atoms with Crippen molar-refractivity contribution < 1.29 is 29.1 Å². The van der Waals surface area contributed by atoms with Gasteiger partial charge in [0.15, 0.2) is 11.6 Å². The van der Waals surface area contributed by atoms with Crippen molar-refractivity contribution in [3.63, 3.8) is 0 Å². The highest BCUT2D eigenvalue weighted by Crippen LogP contribution is 2.20. The number of aryl methyl sites for hydroxylation is 1. The molecule has 0 aliphatic heterocycles. The molecule has 0 spiro atoms. The zero-order valence-electron chi connectivity index (χ0n) is 21.7. The number of aliphatic carboxylic acids is 1. The Labute approximate surface area is 228 Å². The molecule has 0 heterocycles. The second kappa shape index (κ2) is 15.9. The van der Waals surface area contributed by atoms with Crippen LogP contribution in [0.3, 0.4) is 0 Å². The summed E-state index contributed by atoms with van der Waals surface area (Å²) in [4.78, 5) is 61.9. The van der Waals surface area contributed by atoms with E-state index < -0.39 is 42.1 Å². The van der Waals surface area contributed by atoms with E-state index in [9.17, 15) is 29.1 Å². The summed E-state index contributed by atoms with van der Waals surface area (Å²) in [6.07, 6.45) is 1.39. The highest BCUT2D eigenvalue weighted by molar-refractivity contribution is 7.80. The zero-order chi connectivity index (χ0) is 28.1. The molecule has 206 valence electrons. The molecule has 0 fully saturated rings. The average Bonchev–Trinajstić information content (AvgIpc) is 2.88. The minimum atomic E-state index is -1.23. The molecule has 0 radical (unpaired) electrons. The minimum Gasteiger partial charge on any atom is -0.481 e. The lowest BCUT2D eigenvalue weighted by atomic mass is 9.94. The number of carboxylic acid groups (broad SMARTS) is 1. The van der Waals surface area contributed by atoms with Crippen LogP contribution in [0.25, 0.3) is 10.8 Å². The molecule has 2 amide bonds. The van der Waals surface area contributed by atoms with Gasteiger partial charge in [-0.25, -0.2) is 0 Å². The molecular formula is C28H37N3O6S. The second-order valence-corrected chi connectivity index (χ2v) is 9.72. The molecule has 5 N–H and O–H groups in total. The molecule has 1 unspecified atom stereocenters. The average molecular weight is 544 g/mol. The first kappa shape index (κ1) is 31.0. The fourth-order valence-electron chi connectivity index (χ4n) is 4.33. The van der Waals surface area contributed by atoms with Crippen LogP contribution in [-0.4, -0.2) is 58.8 Å². The van der Waals surface area contributed by atoms with E-state index in [1.54, 1.807) is 0 Å². The number of nitrogens with two attached hydrogens (primary N) is 1. The van der Waals surface area contributed by atoms with Crippen molar-refractivity contribution >= 4 is 52.8 Å². The van der Waals surface area contributed by atoms with Gasteiger partial charge in [0.25, 0.3) is 0 Å². The highest BCUT2D eigenvalue weighted by atomic mass is 32.1. The number of carboxylic acids is 1. The third-order valence-corrected chi connectivity index (χ3v) is 6.80. The lowest BCUT2D eigenvalue weighted by Crippen LogP contribution is -2.47. The first-order valence-corrected chi connectivity index (χ1v) is 13.4. The van der Waals surface area contributed by atoms with E-state index in [0.29, 0.717) is 32.2 Å². The van der Waals surface area contributed by atoms with E-state index in [4.69, 9.17) is 5.73 Å². The first-order chi connectivity index (χ1) is 18.2. The maximum Gasteiger partial charge on any atom is 0.305 e. The predicted molar refractivity (Wildman–Crippen MR) is 149 cm³/mol. The van der Waals surface area contributed by atoms with Gasteiger partial charge in [0.2, 0.25) is 11.8 Å². The molecule has 0 aromatic heterocycles. The SMILES string of the molecule is CC(=O)N[C@@H](CCCCN)C(=O)CC(CS)C(=O)N[C@@H](CC(=O)O)C(=O)CCc1cccc2ccccc12. The summed E-state index contributed by atoms with van der Waals surface area (Å²) >= 11 is 4.20. The predicted octanol–water partition coefficient (Wildman–Crippen LogP) is 2.44. The number of ketones is 2. The summed E-state index contributed by atoms with van der Waals surface area (Å²) in [7, 11) is 0. The molecule has 2 aromatic carbocycles. The Balaban J connectivity index is 2.06. The molecule has 2 rings (SSSR count). The zero-order valence-corrected chi connectivity index (χ0v) is 22.5. The van der Waals surface area contributed by atoms with Gasteiger partial charge < -0.3 is 21.5 Å². The Morgan fingerprint density at radius 3 is 2.29 bits per heavy atom. The van der Waals surface area contributed by atoms with Crippen LogP contribution in [0, 0.1) is 5.92 Å². The van der Waals surface area contributed by atoms with Gasteiger partial charge in [-0.05, 0) is 48.6 Å². The number of thiol groups is 1. The first-order valence-electron chi connectivity index (χ1n) is 12.8. The summed E-state index contributed by atoms with van der Waals surface area (Å²) in [6.45, 7) is 1.77. The number of fused-ring (bicyclic) bond motifs is 1.